The highest BCUT2D eigenvalue weighted by Crippen LogP contribution is 2.23. The Balaban J connectivity index is -0.000000104. The first-order valence-corrected chi connectivity index (χ1v) is 22.0. The highest BCUT2D eigenvalue weighted by atomic mass is 35.7. The second kappa shape index (κ2) is 19.9. The van der Waals surface area contributed by atoms with Gasteiger partial charge in [-0.15, -0.1) is 45.6 Å². The van der Waals surface area contributed by atoms with Gasteiger partial charge in [0.25, 0.3) is 31.5 Å². The van der Waals surface area contributed by atoms with Crippen molar-refractivity contribution in [3.05, 3.63) is 0 Å². The van der Waals surface area contributed by atoms with Crippen LogP contribution in [0, 0.1) is 0 Å². The van der Waals surface area contributed by atoms with Gasteiger partial charge < -0.3 is 26.6 Å². The first-order valence-electron chi connectivity index (χ1n) is 8.65. The maximum atomic E-state index is 11.0. The highest BCUT2D eigenvalue weighted by molar-refractivity contribution is 7.44. The second-order valence-corrected chi connectivity index (χ2v) is 25.7. The van der Waals surface area contributed by atoms with Crippen LogP contribution in [0.15, 0.2) is 0 Å². The number of carbonyl (C=O) groups excluding carboxylic acids is 3. The van der Waals surface area contributed by atoms with Crippen LogP contribution in [-0.4, -0.2) is 60.9 Å². The molecule has 0 aromatic heterocycles. The average Bonchev–Trinajstić information content (AvgIpc) is 2.26. The summed E-state index contributed by atoms with van der Waals surface area (Å²) in [6.07, 6.45) is 0. The van der Waals surface area contributed by atoms with Crippen molar-refractivity contribution in [3.8, 4) is 0 Å². The van der Waals surface area contributed by atoms with E-state index in [4.69, 9.17) is 64.6 Å². The van der Waals surface area contributed by atoms with Crippen LogP contribution in [0.5, 0.6) is 0 Å². The van der Waals surface area contributed by atoms with Crippen molar-refractivity contribution in [2.45, 2.75) is 81.8 Å². The van der Waals surface area contributed by atoms with Crippen LogP contribution in [0.25, 0.3) is 0 Å². The topological polar surface area (TPSA) is 135 Å². The summed E-state index contributed by atoms with van der Waals surface area (Å²) in [5, 5.41) is 7.42. The predicted molar refractivity (Wildman–Crippen MR) is 147 cm³/mol. The summed E-state index contributed by atoms with van der Waals surface area (Å²) in [7, 11) is -8.39. The van der Waals surface area contributed by atoms with Crippen molar-refractivity contribution in [2.24, 2.45) is 0 Å². The van der Waals surface area contributed by atoms with Gasteiger partial charge in [0.15, 0.2) is 0 Å². The molecule has 0 spiro atoms. The number of carboxylic acids is 1. The molecule has 0 aliphatic rings. The van der Waals surface area contributed by atoms with Crippen molar-refractivity contribution in [1.29, 1.82) is 0 Å². The minimum atomic E-state index is -3.49. The predicted octanol–water partition coefficient (Wildman–Crippen LogP) is 5.74. The van der Waals surface area contributed by atoms with E-state index in [1.165, 1.54) is 27.3 Å². The number of carboxylic acid groups (broad SMARTS) is 1. The Labute approximate surface area is 228 Å². The van der Waals surface area contributed by atoms with E-state index in [0.29, 0.717) is 0 Å². The minimum absolute atomic E-state index is 0. The summed E-state index contributed by atoms with van der Waals surface area (Å²) >= 11 is 17.1. The number of aliphatic carboxylic acids is 1. The van der Waals surface area contributed by atoms with Gasteiger partial charge in [-0.25, -0.2) is 0 Å². The maximum Gasteiger partial charge on any atom is 0.624 e. The van der Waals surface area contributed by atoms with Gasteiger partial charge >= 0.3 is 24.3 Å². The molecule has 0 unspecified atom stereocenters. The summed E-state index contributed by atoms with van der Waals surface area (Å²) in [6, 6.07) is 0. The van der Waals surface area contributed by atoms with Gasteiger partial charge in [0, 0.05) is 34.2 Å². The van der Waals surface area contributed by atoms with Gasteiger partial charge in [0.05, 0.1) is 0 Å². The zero-order valence-electron chi connectivity index (χ0n) is 19.7. The molecule has 0 aliphatic heterocycles. The van der Waals surface area contributed by atoms with Gasteiger partial charge in [-0.05, 0) is 32.7 Å². The van der Waals surface area contributed by atoms with Crippen LogP contribution in [0.1, 0.15) is 42.5 Å². The molecule has 208 valence electrons. The fourth-order valence-corrected chi connectivity index (χ4v) is 16.7. The quantitative estimate of drug-likeness (QED) is 0.270. The summed E-state index contributed by atoms with van der Waals surface area (Å²) in [6.45, 7) is 12.2. The van der Waals surface area contributed by atoms with E-state index >= 15 is 0 Å². The smallest absolute Gasteiger partial charge is 0.495 e. The Morgan fingerprint density at radius 1 is 0.647 bits per heavy atom. The minimum Gasteiger partial charge on any atom is -0.495 e. The van der Waals surface area contributed by atoms with Crippen molar-refractivity contribution in [3.63, 3.8) is 0 Å². The van der Waals surface area contributed by atoms with Crippen LogP contribution in [0.3, 0.4) is 0 Å². The van der Waals surface area contributed by atoms with Crippen molar-refractivity contribution in [2.75, 3.05) is 0 Å². The summed E-state index contributed by atoms with van der Waals surface area (Å²) < 4.78 is 25.6. The standard InChI is InChI=1S/C9H18O7Si2.C3H9Cl3OSi2.C2H4O2.2CH4.ClH/c1-7(10)13-17(4,5)16-18(6,14-8(2)11)15-9(3)12;1-8(2,4)7-9(3,5)6;1-2(3)4;;;/h1-6H3;1-3H3;1H3,(H,3,4);2*1H4;1H. The average molecular weight is 647 g/mol. The van der Waals surface area contributed by atoms with Crippen LogP contribution >= 0.6 is 45.6 Å². The van der Waals surface area contributed by atoms with Gasteiger partial charge in [0.1, 0.15) is 0 Å². The van der Waals surface area contributed by atoms with Crippen molar-refractivity contribution >= 4 is 101 Å². The molecule has 0 fully saturated rings. The molecule has 0 saturated heterocycles. The number of hydrogen-bond acceptors (Lipinski definition) is 9. The molecule has 0 saturated carbocycles. The fourth-order valence-electron chi connectivity index (χ4n) is 1.82. The summed E-state index contributed by atoms with van der Waals surface area (Å²) in [5.41, 5.74) is 0. The first-order chi connectivity index (χ1) is 13.4. The largest absolute Gasteiger partial charge is 0.624 e. The normalized spacial score (nSPS) is 10.6. The molecule has 0 amide bonds. The Bertz CT molecular complexity index is 594. The molecule has 0 heterocycles. The summed E-state index contributed by atoms with van der Waals surface area (Å²) in [5.74, 6) is -2.59. The number of halogens is 4. The Hall–Kier alpha value is -0.172. The first kappa shape index (κ1) is 47.1. The maximum absolute atomic E-state index is 11.0. The molecule has 10 nitrogen and oxygen atoms in total. The number of hydrogen-bond donors (Lipinski definition) is 1. The lowest BCUT2D eigenvalue weighted by Gasteiger charge is -2.31. The van der Waals surface area contributed by atoms with E-state index in [-0.39, 0.29) is 27.3 Å². The zero-order valence-corrected chi connectivity index (χ0v) is 26.7. The molecule has 0 aromatic rings. The van der Waals surface area contributed by atoms with Crippen LogP contribution < -0.4 is 0 Å². The molecule has 0 rings (SSSR count). The number of carbonyl (C=O) groups is 4. The lowest BCUT2D eigenvalue weighted by Crippen LogP contribution is -2.54. The molecule has 1 N–H and O–H groups in total. The van der Waals surface area contributed by atoms with E-state index < -0.39 is 55.8 Å². The van der Waals surface area contributed by atoms with Crippen molar-refractivity contribution in [1.82, 2.24) is 0 Å². The molecule has 0 bridgehead atoms. The SMILES string of the molecule is C.C.CC(=O)O.CC(=O)O[Si](C)(C)O[Si](C)(OC(C)=O)OC(C)=O.C[Si](C)(Cl)O[Si](C)(Cl)Cl.Cl. The second-order valence-electron chi connectivity index (χ2n) is 6.94. The Morgan fingerprint density at radius 2 is 0.912 bits per heavy atom. The molecule has 0 aromatic carbocycles. The zero-order chi connectivity index (χ0) is 25.8. The Kier molecular flexibility index (Phi) is 27.6. The molecule has 0 radical (unpaired) electrons. The van der Waals surface area contributed by atoms with E-state index in [1.807, 2.05) is 13.1 Å². The molecular weight excluding hydrogens is 606 g/mol. The monoisotopic (exact) mass is 644 g/mol. The van der Waals surface area contributed by atoms with E-state index in [0.717, 1.165) is 6.92 Å². The highest BCUT2D eigenvalue weighted by Gasteiger charge is 2.49. The Morgan fingerprint density at radius 3 is 1.06 bits per heavy atom. The third-order valence-corrected chi connectivity index (χ3v) is 12.9. The van der Waals surface area contributed by atoms with Crippen molar-refractivity contribution < 1.29 is 45.8 Å². The lowest BCUT2D eigenvalue weighted by molar-refractivity contribution is -0.141. The molecule has 0 atom stereocenters. The third-order valence-electron chi connectivity index (χ3n) is 1.90. The summed E-state index contributed by atoms with van der Waals surface area (Å²) in [4.78, 5) is 41.9. The molecule has 18 heteroatoms. The molecule has 0 aliphatic carbocycles. The third kappa shape index (κ3) is 42.0. The molecular formula is C16H40Cl4O10Si4. The van der Waals surface area contributed by atoms with Crippen LogP contribution in [-0.2, 0) is 40.7 Å². The van der Waals surface area contributed by atoms with Gasteiger partial charge in [0.2, 0.25) is 0 Å². The lowest BCUT2D eigenvalue weighted by atomic mass is 10.9. The van der Waals surface area contributed by atoms with E-state index in [2.05, 4.69) is 0 Å². The van der Waals surface area contributed by atoms with Crippen LogP contribution in [0.4, 0.5) is 0 Å². The fraction of sp³-hybridized carbons (Fsp3) is 0.750. The van der Waals surface area contributed by atoms with Gasteiger partial charge in [-0.1, -0.05) is 14.9 Å². The van der Waals surface area contributed by atoms with Gasteiger partial charge in [-0.2, -0.15) is 0 Å². The van der Waals surface area contributed by atoms with E-state index in [1.54, 1.807) is 19.6 Å². The van der Waals surface area contributed by atoms with E-state index in [9.17, 15) is 14.4 Å². The molecule has 34 heavy (non-hydrogen) atoms. The number of rotatable bonds is 7. The van der Waals surface area contributed by atoms with Gasteiger partial charge in [-0.3, -0.25) is 19.2 Å². The van der Waals surface area contributed by atoms with Crippen LogP contribution in [0.2, 0.25) is 39.3 Å².